The van der Waals surface area contributed by atoms with Crippen molar-refractivity contribution < 1.29 is 0 Å². The summed E-state index contributed by atoms with van der Waals surface area (Å²) in [6.07, 6.45) is 4.03. The number of hydrogen-bond donors (Lipinski definition) is 1. The summed E-state index contributed by atoms with van der Waals surface area (Å²) in [5.74, 6) is 0. The lowest BCUT2D eigenvalue weighted by molar-refractivity contribution is 0.949. The summed E-state index contributed by atoms with van der Waals surface area (Å²) in [5.41, 5.74) is 11.7. The van der Waals surface area contributed by atoms with Crippen LogP contribution in [-0.2, 0) is 0 Å². The van der Waals surface area contributed by atoms with Crippen LogP contribution in [0.25, 0.3) is 6.08 Å². The number of halogens is 2. The van der Waals surface area contributed by atoms with Crippen LogP contribution in [0.2, 0.25) is 10.0 Å². The molecule has 2 aromatic carbocycles. The van der Waals surface area contributed by atoms with Crippen molar-refractivity contribution >= 4 is 46.2 Å². The summed E-state index contributed by atoms with van der Waals surface area (Å²) in [7, 11) is 0. The van der Waals surface area contributed by atoms with Gasteiger partial charge in [-0.3, -0.25) is 0 Å². The molecule has 25 heavy (non-hydrogen) atoms. The average molecular weight is 387 g/mol. The minimum atomic E-state index is 0.123. The van der Waals surface area contributed by atoms with Gasteiger partial charge >= 0.3 is 0 Å². The van der Waals surface area contributed by atoms with E-state index in [2.05, 4.69) is 17.1 Å². The maximum Gasteiger partial charge on any atom is 0.160 e. The lowest BCUT2D eigenvalue weighted by Crippen LogP contribution is -2.15. The van der Waals surface area contributed by atoms with Crippen LogP contribution in [0.3, 0.4) is 0 Å². The maximum atomic E-state index is 6.43. The fourth-order valence-electron chi connectivity index (χ4n) is 3.30. The smallest absolute Gasteiger partial charge is 0.160 e. The van der Waals surface area contributed by atoms with Crippen LogP contribution >= 0.6 is 35.0 Å². The second-order valence-corrected chi connectivity index (χ2v) is 7.97. The minimum Gasteiger partial charge on any atom is -0.378 e. The highest BCUT2D eigenvalue weighted by Gasteiger charge is 2.32. The fourth-order valence-corrected chi connectivity index (χ4v) is 4.89. The minimum absolute atomic E-state index is 0.123. The zero-order valence-electron chi connectivity index (χ0n) is 13.4. The van der Waals surface area contributed by atoms with Crippen molar-refractivity contribution in [1.82, 2.24) is 0 Å². The highest BCUT2D eigenvalue weighted by atomic mass is 35.5. The quantitative estimate of drug-likeness (QED) is 0.664. The molecule has 0 saturated heterocycles. The third-order valence-corrected chi connectivity index (χ3v) is 6.27. The summed E-state index contributed by atoms with van der Waals surface area (Å²) in [4.78, 5) is 4.64. The standard InChI is InChI=1S/C20H16Cl2N2S/c21-16-7-3-1-5-12(16)11-13-9-10-15-18(13)24-20(23)25-19(15)14-6-2-4-8-17(14)22/h1-8,11,19H,9-10H2,(H2,23,24)/b13-11+. The summed E-state index contributed by atoms with van der Waals surface area (Å²) in [6, 6.07) is 15.8. The van der Waals surface area contributed by atoms with Gasteiger partial charge in [0.05, 0.1) is 10.9 Å². The molecule has 1 unspecified atom stereocenters. The van der Waals surface area contributed by atoms with Crippen LogP contribution in [0.5, 0.6) is 0 Å². The van der Waals surface area contributed by atoms with Crippen molar-refractivity contribution in [3.8, 4) is 0 Å². The second kappa shape index (κ2) is 6.91. The van der Waals surface area contributed by atoms with E-state index in [0.717, 1.165) is 39.7 Å². The molecule has 0 saturated carbocycles. The number of amidine groups is 1. The molecule has 2 nitrogen and oxygen atoms in total. The monoisotopic (exact) mass is 386 g/mol. The Morgan fingerprint density at radius 3 is 2.48 bits per heavy atom. The summed E-state index contributed by atoms with van der Waals surface area (Å²) < 4.78 is 0. The normalized spacial score (nSPS) is 21.4. The first-order valence-electron chi connectivity index (χ1n) is 8.07. The molecular weight excluding hydrogens is 371 g/mol. The van der Waals surface area contributed by atoms with Crippen LogP contribution in [0.15, 0.2) is 70.4 Å². The Morgan fingerprint density at radius 2 is 1.72 bits per heavy atom. The Kier molecular flexibility index (Phi) is 4.63. The van der Waals surface area contributed by atoms with Gasteiger partial charge in [0, 0.05) is 10.0 Å². The molecule has 2 N–H and O–H groups in total. The first-order chi connectivity index (χ1) is 12.1. The molecule has 0 bridgehead atoms. The van der Waals surface area contributed by atoms with Crippen LogP contribution in [0.4, 0.5) is 0 Å². The molecule has 0 amide bonds. The van der Waals surface area contributed by atoms with Gasteiger partial charge in [0.25, 0.3) is 0 Å². The van der Waals surface area contributed by atoms with E-state index in [1.165, 1.54) is 11.1 Å². The number of nitrogens with two attached hydrogens (primary N) is 1. The number of nitrogens with zero attached hydrogens (tertiary/aromatic N) is 1. The molecular formula is C20H16Cl2N2S. The van der Waals surface area contributed by atoms with E-state index in [1.54, 1.807) is 11.8 Å². The molecule has 0 radical (unpaired) electrons. The van der Waals surface area contributed by atoms with E-state index < -0.39 is 0 Å². The van der Waals surface area contributed by atoms with E-state index in [0.29, 0.717) is 5.17 Å². The largest absolute Gasteiger partial charge is 0.378 e. The molecule has 1 aliphatic heterocycles. The van der Waals surface area contributed by atoms with Gasteiger partial charge in [-0.2, -0.15) is 0 Å². The third-order valence-electron chi connectivity index (χ3n) is 4.47. The first-order valence-corrected chi connectivity index (χ1v) is 9.71. The predicted molar refractivity (Wildman–Crippen MR) is 109 cm³/mol. The van der Waals surface area contributed by atoms with Gasteiger partial charge in [0.1, 0.15) is 0 Å². The number of rotatable bonds is 2. The summed E-state index contributed by atoms with van der Waals surface area (Å²) in [5, 5.41) is 2.22. The Morgan fingerprint density at radius 1 is 1.00 bits per heavy atom. The highest BCUT2D eigenvalue weighted by molar-refractivity contribution is 8.14. The number of thioether (sulfide) groups is 1. The maximum absolute atomic E-state index is 6.43. The molecule has 4 rings (SSSR count). The molecule has 1 heterocycles. The SMILES string of the molecule is NC1=NC2=C(CC/C2=C\c2ccccc2Cl)C(c2ccccc2Cl)S1. The summed E-state index contributed by atoms with van der Waals surface area (Å²) >= 11 is 14.3. The highest BCUT2D eigenvalue weighted by Crippen LogP contribution is 2.50. The Hall–Kier alpha value is -1.68. The van der Waals surface area contributed by atoms with Crippen molar-refractivity contribution in [2.75, 3.05) is 0 Å². The molecule has 0 aromatic heterocycles. The number of aliphatic imine (C=N–C) groups is 1. The van der Waals surface area contributed by atoms with Crippen molar-refractivity contribution in [3.63, 3.8) is 0 Å². The van der Waals surface area contributed by atoms with Crippen LogP contribution < -0.4 is 5.73 Å². The van der Waals surface area contributed by atoms with Gasteiger partial charge in [-0.1, -0.05) is 71.4 Å². The lowest BCUT2D eigenvalue weighted by Gasteiger charge is -2.23. The molecule has 1 aliphatic carbocycles. The Labute approximate surface area is 161 Å². The summed E-state index contributed by atoms with van der Waals surface area (Å²) in [6.45, 7) is 0. The van der Waals surface area contributed by atoms with Gasteiger partial charge in [-0.15, -0.1) is 0 Å². The Bertz CT molecular complexity index is 931. The fraction of sp³-hybridized carbons (Fsp3) is 0.150. The van der Waals surface area contributed by atoms with E-state index in [9.17, 15) is 0 Å². The molecule has 126 valence electrons. The van der Waals surface area contributed by atoms with Crippen LogP contribution in [-0.4, -0.2) is 5.17 Å². The predicted octanol–water partition coefficient (Wildman–Crippen LogP) is 6.23. The van der Waals surface area contributed by atoms with Crippen molar-refractivity contribution in [2.24, 2.45) is 10.7 Å². The van der Waals surface area contributed by atoms with Crippen molar-refractivity contribution in [3.05, 3.63) is 86.5 Å². The molecule has 2 aliphatic rings. The van der Waals surface area contributed by atoms with Crippen molar-refractivity contribution in [2.45, 2.75) is 18.1 Å². The number of allylic oxidation sites excluding steroid dienone is 1. The van der Waals surface area contributed by atoms with Gasteiger partial charge in [0.15, 0.2) is 5.17 Å². The van der Waals surface area contributed by atoms with Crippen LogP contribution in [0.1, 0.15) is 29.2 Å². The number of hydrogen-bond acceptors (Lipinski definition) is 3. The van der Waals surface area contributed by atoms with Gasteiger partial charge in [-0.05, 0) is 53.3 Å². The zero-order valence-corrected chi connectivity index (χ0v) is 15.7. The third kappa shape index (κ3) is 3.24. The van der Waals surface area contributed by atoms with Gasteiger partial charge in [-0.25, -0.2) is 4.99 Å². The number of benzene rings is 2. The first kappa shape index (κ1) is 16.8. The molecule has 0 fully saturated rings. The van der Waals surface area contributed by atoms with E-state index >= 15 is 0 Å². The second-order valence-electron chi connectivity index (χ2n) is 6.03. The average Bonchev–Trinajstić information content (AvgIpc) is 2.99. The molecule has 2 aromatic rings. The molecule has 1 atom stereocenters. The molecule has 0 spiro atoms. The molecule has 5 heteroatoms. The topological polar surface area (TPSA) is 38.4 Å². The van der Waals surface area contributed by atoms with Crippen molar-refractivity contribution in [1.29, 1.82) is 0 Å². The van der Waals surface area contributed by atoms with Gasteiger partial charge in [0.2, 0.25) is 0 Å². The van der Waals surface area contributed by atoms with Crippen LogP contribution in [0, 0.1) is 0 Å². The van der Waals surface area contributed by atoms with E-state index in [1.807, 2.05) is 42.5 Å². The zero-order chi connectivity index (χ0) is 17.4. The lowest BCUT2D eigenvalue weighted by atomic mass is 10.0. The Balaban J connectivity index is 1.78. The van der Waals surface area contributed by atoms with E-state index in [4.69, 9.17) is 28.9 Å². The van der Waals surface area contributed by atoms with Gasteiger partial charge < -0.3 is 5.73 Å². The van der Waals surface area contributed by atoms with E-state index in [-0.39, 0.29) is 5.25 Å².